The van der Waals surface area contributed by atoms with Gasteiger partial charge in [0, 0.05) is 6.20 Å². The quantitative estimate of drug-likeness (QED) is 0.662. The van der Waals surface area contributed by atoms with Crippen LogP contribution in [0.15, 0.2) is 18.3 Å². The van der Waals surface area contributed by atoms with Crippen LogP contribution in [-0.2, 0) is 4.79 Å². The molecule has 0 saturated heterocycles. The first-order chi connectivity index (χ1) is 7.12. The van der Waals surface area contributed by atoms with Crippen molar-refractivity contribution in [3.05, 3.63) is 18.3 Å². The number of carbonyl (C=O) groups excluding carboxylic acids is 1. The monoisotopic (exact) mass is 207 g/mol. The SMILES string of the molecule is NC1(C(=O)Nc2ncccc2O)CCC1. The van der Waals surface area contributed by atoms with Gasteiger partial charge in [-0.25, -0.2) is 4.98 Å². The molecule has 1 aromatic rings. The van der Waals surface area contributed by atoms with Crippen LogP contribution in [0.2, 0.25) is 0 Å². The minimum Gasteiger partial charge on any atom is -0.504 e. The molecular formula is C10H13N3O2. The third-order valence-corrected chi connectivity index (χ3v) is 2.72. The summed E-state index contributed by atoms with van der Waals surface area (Å²) < 4.78 is 0. The second-order valence-electron chi connectivity index (χ2n) is 3.83. The van der Waals surface area contributed by atoms with Gasteiger partial charge in [0.25, 0.3) is 0 Å². The zero-order valence-corrected chi connectivity index (χ0v) is 8.23. The van der Waals surface area contributed by atoms with Crippen molar-refractivity contribution < 1.29 is 9.90 Å². The van der Waals surface area contributed by atoms with Crippen molar-refractivity contribution in [3.8, 4) is 5.75 Å². The Morgan fingerprint density at radius 3 is 2.87 bits per heavy atom. The lowest BCUT2D eigenvalue weighted by atomic mass is 9.77. The lowest BCUT2D eigenvalue weighted by Crippen LogP contribution is -2.56. The zero-order valence-electron chi connectivity index (χ0n) is 8.23. The molecule has 1 aliphatic rings. The van der Waals surface area contributed by atoms with Crippen LogP contribution in [0.1, 0.15) is 19.3 Å². The second-order valence-corrected chi connectivity index (χ2v) is 3.83. The van der Waals surface area contributed by atoms with Gasteiger partial charge in [0.05, 0.1) is 5.54 Å². The van der Waals surface area contributed by atoms with Gasteiger partial charge < -0.3 is 16.2 Å². The third kappa shape index (κ3) is 1.78. The van der Waals surface area contributed by atoms with E-state index in [9.17, 15) is 9.90 Å². The van der Waals surface area contributed by atoms with E-state index in [1.807, 2.05) is 0 Å². The summed E-state index contributed by atoms with van der Waals surface area (Å²) in [5, 5.41) is 11.9. The number of nitrogens with zero attached hydrogens (tertiary/aromatic N) is 1. The maximum absolute atomic E-state index is 11.7. The molecule has 1 saturated carbocycles. The number of hydrogen-bond donors (Lipinski definition) is 3. The zero-order chi connectivity index (χ0) is 10.9. The largest absolute Gasteiger partial charge is 0.504 e. The van der Waals surface area contributed by atoms with Crippen molar-refractivity contribution in [1.82, 2.24) is 4.98 Å². The lowest BCUT2D eigenvalue weighted by Gasteiger charge is -2.35. The maximum Gasteiger partial charge on any atom is 0.245 e. The molecule has 0 aliphatic heterocycles. The van der Waals surface area contributed by atoms with Gasteiger partial charge in [-0.1, -0.05) is 0 Å². The van der Waals surface area contributed by atoms with Gasteiger partial charge >= 0.3 is 0 Å². The molecule has 15 heavy (non-hydrogen) atoms. The van der Waals surface area contributed by atoms with E-state index in [0.717, 1.165) is 6.42 Å². The molecule has 1 aliphatic carbocycles. The van der Waals surface area contributed by atoms with Gasteiger partial charge in [0.1, 0.15) is 0 Å². The molecule has 4 N–H and O–H groups in total. The Labute approximate surface area is 87.3 Å². The van der Waals surface area contributed by atoms with E-state index in [1.165, 1.54) is 12.3 Å². The summed E-state index contributed by atoms with van der Waals surface area (Å²) >= 11 is 0. The minimum atomic E-state index is -0.774. The Hall–Kier alpha value is -1.62. The highest BCUT2D eigenvalue weighted by molar-refractivity contribution is 5.98. The molecule has 0 bridgehead atoms. The number of hydrogen-bond acceptors (Lipinski definition) is 4. The first kappa shape index (κ1) is 9.92. The van der Waals surface area contributed by atoms with Crippen molar-refractivity contribution in [3.63, 3.8) is 0 Å². The first-order valence-corrected chi connectivity index (χ1v) is 4.86. The number of amides is 1. The number of aromatic nitrogens is 1. The predicted molar refractivity (Wildman–Crippen MR) is 55.3 cm³/mol. The average molecular weight is 207 g/mol. The Kier molecular flexibility index (Phi) is 2.32. The maximum atomic E-state index is 11.7. The van der Waals surface area contributed by atoms with Crippen LogP contribution in [0.3, 0.4) is 0 Å². The van der Waals surface area contributed by atoms with Crippen molar-refractivity contribution >= 4 is 11.7 Å². The van der Waals surface area contributed by atoms with Gasteiger partial charge in [-0.2, -0.15) is 0 Å². The molecule has 2 rings (SSSR count). The summed E-state index contributed by atoms with van der Waals surface area (Å²) in [4.78, 5) is 15.5. The van der Waals surface area contributed by atoms with Gasteiger partial charge in [0.2, 0.25) is 5.91 Å². The molecular weight excluding hydrogens is 194 g/mol. The van der Waals surface area contributed by atoms with E-state index in [4.69, 9.17) is 5.73 Å². The molecule has 1 fully saturated rings. The number of aromatic hydroxyl groups is 1. The minimum absolute atomic E-state index is 0.0474. The normalized spacial score (nSPS) is 17.9. The average Bonchev–Trinajstić information content (AvgIpc) is 2.18. The fourth-order valence-corrected chi connectivity index (χ4v) is 1.51. The number of carbonyl (C=O) groups is 1. The summed E-state index contributed by atoms with van der Waals surface area (Å²) in [5.74, 6) is -0.157. The van der Waals surface area contributed by atoms with E-state index < -0.39 is 5.54 Å². The summed E-state index contributed by atoms with van der Waals surface area (Å²) in [6, 6.07) is 3.05. The lowest BCUT2D eigenvalue weighted by molar-refractivity contribution is -0.123. The molecule has 5 nitrogen and oxygen atoms in total. The molecule has 80 valence electrons. The fourth-order valence-electron chi connectivity index (χ4n) is 1.51. The van der Waals surface area contributed by atoms with E-state index >= 15 is 0 Å². The molecule has 1 aromatic heterocycles. The third-order valence-electron chi connectivity index (χ3n) is 2.72. The molecule has 1 heterocycles. The number of anilines is 1. The molecule has 0 atom stereocenters. The fraction of sp³-hybridized carbons (Fsp3) is 0.400. The second kappa shape index (κ2) is 3.51. The summed E-state index contributed by atoms with van der Waals surface area (Å²) in [6.45, 7) is 0. The number of nitrogens with one attached hydrogen (secondary N) is 1. The van der Waals surface area contributed by atoms with Crippen LogP contribution in [0.25, 0.3) is 0 Å². The standard InChI is InChI=1S/C10H13N3O2/c11-10(4-2-5-10)9(15)13-8-7(14)3-1-6-12-8/h1,3,6,14H,2,4-5,11H2,(H,12,13,15). The van der Waals surface area contributed by atoms with Crippen LogP contribution in [0.4, 0.5) is 5.82 Å². The van der Waals surface area contributed by atoms with Gasteiger partial charge in [-0.3, -0.25) is 4.79 Å². The van der Waals surface area contributed by atoms with Gasteiger partial charge in [0.15, 0.2) is 11.6 Å². The van der Waals surface area contributed by atoms with Crippen molar-refractivity contribution in [2.24, 2.45) is 5.73 Å². The van der Waals surface area contributed by atoms with Crippen LogP contribution in [0.5, 0.6) is 5.75 Å². The van der Waals surface area contributed by atoms with E-state index in [2.05, 4.69) is 10.3 Å². The number of rotatable bonds is 2. The van der Waals surface area contributed by atoms with Gasteiger partial charge in [-0.15, -0.1) is 0 Å². The van der Waals surface area contributed by atoms with Crippen molar-refractivity contribution in [1.29, 1.82) is 0 Å². The Bertz CT molecular complexity index is 388. The van der Waals surface area contributed by atoms with Crippen molar-refractivity contribution in [2.45, 2.75) is 24.8 Å². The summed E-state index contributed by atoms with van der Waals surface area (Å²) in [5.41, 5.74) is 5.05. The molecule has 1 amide bonds. The molecule has 0 spiro atoms. The predicted octanol–water partition coefficient (Wildman–Crippen LogP) is 0.607. The van der Waals surface area contributed by atoms with Crippen LogP contribution >= 0.6 is 0 Å². The highest BCUT2D eigenvalue weighted by Gasteiger charge is 2.40. The van der Waals surface area contributed by atoms with E-state index in [0.29, 0.717) is 12.8 Å². The molecule has 5 heteroatoms. The Morgan fingerprint density at radius 2 is 2.33 bits per heavy atom. The highest BCUT2D eigenvalue weighted by atomic mass is 16.3. The molecule has 0 aromatic carbocycles. The molecule has 0 radical (unpaired) electrons. The Balaban J connectivity index is 2.09. The van der Waals surface area contributed by atoms with Crippen LogP contribution in [-0.4, -0.2) is 21.5 Å². The van der Waals surface area contributed by atoms with Crippen LogP contribution < -0.4 is 11.1 Å². The van der Waals surface area contributed by atoms with Crippen LogP contribution in [0, 0.1) is 0 Å². The van der Waals surface area contributed by atoms with E-state index in [1.54, 1.807) is 6.07 Å². The smallest absolute Gasteiger partial charge is 0.245 e. The highest BCUT2D eigenvalue weighted by Crippen LogP contribution is 2.31. The number of pyridine rings is 1. The van der Waals surface area contributed by atoms with Gasteiger partial charge in [-0.05, 0) is 31.4 Å². The number of nitrogens with two attached hydrogens (primary N) is 1. The van der Waals surface area contributed by atoms with E-state index in [-0.39, 0.29) is 17.5 Å². The Morgan fingerprint density at radius 1 is 1.60 bits per heavy atom. The van der Waals surface area contributed by atoms with Crippen molar-refractivity contribution in [2.75, 3.05) is 5.32 Å². The summed E-state index contributed by atoms with van der Waals surface area (Å²) in [6.07, 6.45) is 3.84. The summed E-state index contributed by atoms with van der Waals surface area (Å²) in [7, 11) is 0. The topological polar surface area (TPSA) is 88.2 Å². The first-order valence-electron chi connectivity index (χ1n) is 4.86. The molecule has 0 unspecified atom stereocenters.